The van der Waals surface area contributed by atoms with Gasteiger partial charge < -0.3 is 19.3 Å². The maximum Gasteiger partial charge on any atom is 0.228 e. The number of hydrogen-bond acceptors (Lipinski definition) is 9. The molecule has 1 heterocycles. The van der Waals surface area contributed by atoms with Crippen LogP contribution in [0.15, 0.2) is 22.7 Å². The molecule has 0 bridgehead atoms. The van der Waals surface area contributed by atoms with Crippen LogP contribution in [0.4, 0.5) is 0 Å². The molecule has 3 N–H and O–H groups in total. The van der Waals surface area contributed by atoms with E-state index in [0.717, 1.165) is 0 Å². The number of carbonyl (C=O) groups excluding carboxylic acids is 2. The lowest BCUT2D eigenvalue weighted by Gasteiger charge is -2.22. The van der Waals surface area contributed by atoms with Crippen LogP contribution in [0.5, 0.6) is 0 Å². The van der Waals surface area contributed by atoms with Gasteiger partial charge in [-0.1, -0.05) is 5.64 Å². The van der Waals surface area contributed by atoms with E-state index < -0.39 is 29.9 Å². The van der Waals surface area contributed by atoms with E-state index >= 15 is 0 Å². The van der Waals surface area contributed by atoms with Crippen molar-refractivity contribution in [2.75, 3.05) is 20.8 Å². The Kier molecular flexibility index (Phi) is 6.08. The molecule has 134 valence electrons. The summed E-state index contributed by atoms with van der Waals surface area (Å²) in [6.07, 6.45) is -1.68. The predicted octanol–water partition coefficient (Wildman–Crippen LogP) is -0.222. The minimum atomic E-state index is -0.900. The number of hydrogen-bond donors (Lipinski definition) is 3. The Morgan fingerprint density at radius 1 is 1.21 bits per heavy atom. The van der Waals surface area contributed by atoms with Gasteiger partial charge >= 0.3 is 0 Å². The summed E-state index contributed by atoms with van der Waals surface area (Å²) in [6, 6.07) is 0. The lowest BCUT2D eigenvalue weighted by Crippen LogP contribution is -2.37. The maximum atomic E-state index is 12.5. The van der Waals surface area contributed by atoms with E-state index in [2.05, 4.69) is 0 Å². The van der Waals surface area contributed by atoms with Crippen molar-refractivity contribution in [2.24, 2.45) is 0 Å². The van der Waals surface area contributed by atoms with E-state index in [-0.39, 0.29) is 30.1 Å². The Hall–Kier alpha value is -1.78. The standard InChI is InChI=1S/C15H21NO8/c1-7-8(12(19)15(22-3)14(21-2)11(7)18)4-5-10-13(24-16-20)9(17)6-23-10/h9-10,13,16-17,20H,4-6H2,1-3H3/t9-,10-,13-/m1/s1. The molecule has 0 aromatic carbocycles. The lowest BCUT2D eigenvalue weighted by atomic mass is 9.89. The quantitative estimate of drug-likeness (QED) is 0.425. The molecule has 0 aromatic heterocycles. The molecule has 9 nitrogen and oxygen atoms in total. The van der Waals surface area contributed by atoms with Gasteiger partial charge in [-0.2, -0.15) is 0 Å². The second-order valence-corrected chi connectivity index (χ2v) is 5.48. The zero-order valence-electron chi connectivity index (χ0n) is 13.7. The Morgan fingerprint density at radius 2 is 1.83 bits per heavy atom. The summed E-state index contributed by atoms with van der Waals surface area (Å²) in [4.78, 5) is 29.6. The zero-order chi connectivity index (χ0) is 17.9. The molecule has 0 amide bonds. The SMILES string of the molecule is COC1=C(OC)C(=O)C(CC[C@H]2OC[C@@H](O)[C@H]2ONO)=C(C)C1=O. The molecule has 1 saturated heterocycles. The number of rotatable bonds is 7. The van der Waals surface area contributed by atoms with E-state index in [0.29, 0.717) is 12.0 Å². The third-order valence-electron chi connectivity index (χ3n) is 4.19. The van der Waals surface area contributed by atoms with Gasteiger partial charge in [0.1, 0.15) is 12.2 Å². The first kappa shape index (κ1) is 18.6. The third-order valence-corrected chi connectivity index (χ3v) is 4.19. The second-order valence-electron chi connectivity index (χ2n) is 5.48. The van der Waals surface area contributed by atoms with Crippen molar-refractivity contribution in [2.45, 2.75) is 38.1 Å². The van der Waals surface area contributed by atoms with Crippen molar-refractivity contribution in [3.8, 4) is 0 Å². The molecule has 24 heavy (non-hydrogen) atoms. The van der Waals surface area contributed by atoms with Crippen LogP contribution in [-0.2, 0) is 28.6 Å². The Labute approximate surface area is 138 Å². The number of aliphatic hydroxyl groups is 1. The predicted molar refractivity (Wildman–Crippen MR) is 78.5 cm³/mol. The van der Waals surface area contributed by atoms with Crippen LogP contribution in [0, 0.1) is 0 Å². The van der Waals surface area contributed by atoms with Crippen LogP contribution in [0.2, 0.25) is 0 Å². The topological polar surface area (TPSA) is 124 Å². The van der Waals surface area contributed by atoms with Gasteiger partial charge in [0, 0.05) is 11.1 Å². The fraction of sp³-hybridized carbons (Fsp3) is 0.600. The normalized spacial score (nSPS) is 28.0. The van der Waals surface area contributed by atoms with Crippen LogP contribution in [0.25, 0.3) is 0 Å². The van der Waals surface area contributed by atoms with E-state index in [1.54, 1.807) is 12.6 Å². The number of nitrogens with one attached hydrogen (secondary N) is 1. The Morgan fingerprint density at radius 3 is 2.42 bits per heavy atom. The maximum absolute atomic E-state index is 12.5. The highest BCUT2D eigenvalue weighted by Gasteiger charge is 2.39. The van der Waals surface area contributed by atoms with Crippen molar-refractivity contribution in [1.82, 2.24) is 5.64 Å². The van der Waals surface area contributed by atoms with Gasteiger partial charge in [-0.05, 0) is 19.8 Å². The number of Topliss-reactive ketones (excluding diaryl/α,β-unsaturated/α-hetero) is 2. The van der Waals surface area contributed by atoms with Crippen LogP contribution >= 0.6 is 0 Å². The van der Waals surface area contributed by atoms with Gasteiger partial charge in [-0.25, -0.2) is 0 Å². The molecule has 9 heteroatoms. The molecule has 0 aromatic rings. The number of aliphatic hydroxyl groups excluding tert-OH is 1. The van der Waals surface area contributed by atoms with E-state index in [4.69, 9.17) is 24.3 Å². The van der Waals surface area contributed by atoms with Crippen LogP contribution in [-0.4, -0.2) is 61.0 Å². The van der Waals surface area contributed by atoms with Crippen molar-refractivity contribution >= 4 is 11.6 Å². The largest absolute Gasteiger partial charge is 0.489 e. The van der Waals surface area contributed by atoms with Gasteiger partial charge in [0.05, 0.1) is 26.9 Å². The van der Waals surface area contributed by atoms with E-state index in [9.17, 15) is 14.7 Å². The summed E-state index contributed by atoms with van der Waals surface area (Å²) < 4.78 is 15.4. The van der Waals surface area contributed by atoms with Gasteiger partial charge in [0.25, 0.3) is 0 Å². The molecule has 1 aliphatic carbocycles. The fourth-order valence-corrected chi connectivity index (χ4v) is 2.90. The average Bonchev–Trinajstić information content (AvgIpc) is 2.91. The van der Waals surface area contributed by atoms with Crippen molar-refractivity contribution < 1.29 is 39.0 Å². The molecule has 2 aliphatic rings. The molecule has 0 radical (unpaired) electrons. The van der Waals surface area contributed by atoms with E-state index in [1.807, 2.05) is 0 Å². The summed E-state index contributed by atoms with van der Waals surface area (Å²) in [5.41, 5.74) is 2.14. The van der Waals surface area contributed by atoms with Gasteiger partial charge in [0.2, 0.25) is 23.1 Å². The highest BCUT2D eigenvalue weighted by atomic mass is 16.8. The lowest BCUT2D eigenvalue weighted by molar-refractivity contribution is -0.190. The van der Waals surface area contributed by atoms with Crippen molar-refractivity contribution in [3.05, 3.63) is 22.7 Å². The summed E-state index contributed by atoms with van der Waals surface area (Å²) in [5.74, 6) is -1.05. The van der Waals surface area contributed by atoms with Crippen molar-refractivity contribution in [3.63, 3.8) is 0 Å². The van der Waals surface area contributed by atoms with Crippen molar-refractivity contribution in [1.29, 1.82) is 0 Å². The average molecular weight is 343 g/mol. The summed E-state index contributed by atoms with van der Waals surface area (Å²) in [5, 5.41) is 18.4. The molecular formula is C15H21NO8. The molecular weight excluding hydrogens is 322 g/mol. The first-order valence-electron chi connectivity index (χ1n) is 7.42. The fourth-order valence-electron chi connectivity index (χ4n) is 2.90. The van der Waals surface area contributed by atoms with Gasteiger partial charge in [0.15, 0.2) is 0 Å². The number of carbonyl (C=O) groups is 2. The number of methoxy groups -OCH3 is 2. The summed E-state index contributed by atoms with van der Waals surface area (Å²) in [6.45, 7) is 1.60. The van der Waals surface area contributed by atoms with Crippen LogP contribution < -0.4 is 5.64 Å². The molecule has 0 saturated carbocycles. The van der Waals surface area contributed by atoms with Crippen LogP contribution in [0.1, 0.15) is 19.8 Å². The number of ether oxygens (including phenoxy) is 3. The minimum absolute atomic E-state index is 0.0545. The molecule has 1 fully saturated rings. The number of allylic oxidation sites excluding steroid dienone is 2. The third kappa shape index (κ3) is 3.35. The molecule has 0 unspecified atom stereocenters. The smallest absolute Gasteiger partial charge is 0.228 e. The molecule has 1 aliphatic heterocycles. The zero-order valence-corrected chi connectivity index (χ0v) is 13.7. The Bertz CT molecular complexity index is 582. The molecule has 3 atom stereocenters. The minimum Gasteiger partial charge on any atom is -0.489 e. The van der Waals surface area contributed by atoms with Crippen LogP contribution in [0.3, 0.4) is 0 Å². The highest BCUT2D eigenvalue weighted by molar-refractivity contribution is 6.23. The summed E-state index contributed by atoms with van der Waals surface area (Å²) >= 11 is 0. The molecule has 0 spiro atoms. The monoisotopic (exact) mass is 343 g/mol. The first-order chi connectivity index (χ1) is 11.5. The van der Waals surface area contributed by atoms with Gasteiger partial charge in [-0.3, -0.25) is 19.6 Å². The summed E-state index contributed by atoms with van der Waals surface area (Å²) in [7, 11) is 2.60. The number of ketones is 2. The van der Waals surface area contributed by atoms with E-state index in [1.165, 1.54) is 14.2 Å². The highest BCUT2D eigenvalue weighted by Crippen LogP contribution is 2.30. The molecule has 2 rings (SSSR count). The Balaban J connectivity index is 2.13. The van der Waals surface area contributed by atoms with Gasteiger partial charge in [-0.15, -0.1) is 0 Å². The second kappa shape index (κ2) is 7.86. The first-order valence-corrected chi connectivity index (χ1v) is 7.42.